The average Bonchev–Trinajstić information content (AvgIpc) is 3.62. The number of carboxylic acids is 1. The Morgan fingerprint density at radius 2 is 1.57 bits per heavy atom. The number of nitrogens with zero attached hydrogens (tertiary/aromatic N) is 1. The normalized spacial score (nSPS) is 20.3. The van der Waals surface area contributed by atoms with Crippen LogP contribution in [-0.2, 0) is 14.3 Å². The number of likely N-dealkylation sites (tertiary alicyclic amines) is 1. The number of alkyl carbamates (subject to hydrolysis) is 1. The van der Waals surface area contributed by atoms with E-state index < -0.39 is 18.1 Å². The minimum absolute atomic E-state index is 0.0272. The molecule has 2 amide bonds. The van der Waals surface area contributed by atoms with Gasteiger partial charge in [0.15, 0.2) is 0 Å². The molecule has 2 aromatic rings. The van der Waals surface area contributed by atoms with Gasteiger partial charge in [-0.2, -0.15) is 0 Å². The first-order valence-electron chi connectivity index (χ1n) is 12.7. The lowest BCUT2D eigenvalue weighted by Gasteiger charge is -2.28. The quantitative estimate of drug-likeness (QED) is 0.611. The summed E-state index contributed by atoms with van der Waals surface area (Å²) >= 11 is 0. The van der Waals surface area contributed by atoms with Crippen LogP contribution in [0.1, 0.15) is 62.0 Å². The van der Waals surface area contributed by atoms with Gasteiger partial charge in [-0.15, -0.1) is 0 Å². The smallest absolute Gasteiger partial charge is 0.407 e. The van der Waals surface area contributed by atoms with Gasteiger partial charge in [-0.05, 0) is 53.9 Å². The highest BCUT2D eigenvalue weighted by molar-refractivity contribution is 5.85. The topological polar surface area (TPSA) is 95.9 Å². The van der Waals surface area contributed by atoms with Crippen LogP contribution in [0.15, 0.2) is 48.5 Å². The van der Waals surface area contributed by atoms with E-state index in [1.165, 1.54) is 16.0 Å². The SMILES string of the molecule is O=C(NC(CC(=O)N1CCC[C@H]1C(=O)O)C1CCCC1)OCC1c2ccccc2-c2ccccc21. The van der Waals surface area contributed by atoms with Crippen LogP contribution < -0.4 is 5.32 Å². The van der Waals surface area contributed by atoms with Crippen molar-refractivity contribution in [3.63, 3.8) is 0 Å². The molecule has 0 bridgehead atoms. The number of aliphatic carboxylic acids is 1. The van der Waals surface area contributed by atoms with Gasteiger partial charge in [0.1, 0.15) is 12.6 Å². The summed E-state index contributed by atoms with van der Waals surface area (Å²) in [5, 5.41) is 12.4. The van der Waals surface area contributed by atoms with Gasteiger partial charge in [-0.3, -0.25) is 4.79 Å². The van der Waals surface area contributed by atoms with Crippen LogP contribution in [0.3, 0.4) is 0 Å². The summed E-state index contributed by atoms with van der Waals surface area (Å²) in [6, 6.07) is 15.3. The Hall–Kier alpha value is -3.35. The standard InChI is InChI=1S/C28H32N2O5/c31-26(30-15-7-14-25(30)27(32)33)16-24(18-8-1-2-9-18)29-28(34)35-17-23-21-12-5-3-10-19(21)20-11-4-6-13-22(20)23/h3-6,10-13,18,23-25H,1-2,7-9,14-17H2,(H,29,34)(H,32,33)/t24?,25-/m0/s1. The van der Waals surface area contributed by atoms with Crippen LogP contribution in [0.5, 0.6) is 0 Å². The molecule has 35 heavy (non-hydrogen) atoms. The van der Waals surface area contributed by atoms with Crippen molar-refractivity contribution < 1.29 is 24.2 Å². The second-order valence-corrected chi connectivity index (χ2v) is 9.91. The largest absolute Gasteiger partial charge is 0.480 e. The van der Waals surface area contributed by atoms with Crippen molar-refractivity contribution in [3.05, 3.63) is 59.7 Å². The summed E-state index contributed by atoms with van der Waals surface area (Å²) in [6.45, 7) is 0.677. The zero-order chi connectivity index (χ0) is 24.4. The van der Waals surface area contributed by atoms with E-state index in [1.54, 1.807) is 0 Å². The van der Waals surface area contributed by atoms with Gasteiger partial charge in [0.2, 0.25) is 5.91 Å². The van der Waals surface area contributed by atoms with Gasteiger partial charge in [0.05, 0.1) is 0 Å². The number of carbonyl (C=O) groups is 3. The highest BCUT2D eigenvalue weighted by Crippen LogP contribution is 2.44. The number of hydrogen-bond acceptors (Lipinski definition) is 4. The van der Waals surface area contributed by atoms with Gasteiger partial charge >= 0.3 is 12.1 Å². The van der Waals surface area contributed by atoms with E-state index in [9.17, 15) is 19.5 Å². The van der Waals surface area contributed by atoms with Crippen LogP contribution in [0, 0.1) is 5.92 Å². The van der Waals surface area contributed by atoms with Crippen molar-refractivity contribution in [2.24, 2.45) is 5.92 Å². The Kier molecular flexibility index (Phi) is 6.75. The minimum Gasteiger partial charge on any atom is -0.480 e. The Balaban J connectivity index is 1.25. The molecule has 3 aliphatic rings. The molecule has 0 radical (unpaired) electrons. The molecular weight excluding hydrogens is 444 g/mol. The predicted octanol–water partition coefficient (Wildman–Crippen LogP) is 4.55. The second kappa shape index (κ2) is 10.1. The van der Waals surface area contributed by atoms with Crippen molar-refractivity contribution in [1.82, 2.24) is 10.2 Å². The van der Waals surface area contributed by atoms with E-state index in [1.807, 2.05) is 24.3 Å². The Bertz CT molecular complexity index is 1060. The third kappa shape index (κ3) is 4.77. The van der Waals surface area contributed by atoms with Gasteiger partial charge in [-0.25, -0.2) is 9.59 Å². The van der Waals surface area contributed by atoms with Crippen molar-refractivity contribution in [1.29, 1.82) is 0 Å². The summed E-state index contributed by atoms with van der Waals surface area (Å²) < 4.78 is 5.73. The van der Waals surface area contributed by atoms with Crippen molar-refractivity contribution in [2.45, 2.75) is 62.9 Å². The molecule has 2 fully saturated rings. The highest BCUT2D eigenvalue weighted by Gasteiger charge is 2.37. The Labute approximate surface area is 205 Å². The number of carbonyl (C=O) groups excluding carboxylic acids is 2. The maximum absolute atomic E-state index is 13.0. The van der Waals surface area contributed by atoms with Crippen LogP contribution in [0.25, 0.3) is 11.1 Å². The molecule has 0 spiro atoms. The molecule has 5 rings (SSSR count). The molecule has 2 aromatic carbocycles. The van der Waals surface area contributed by atoms with Gasteiger partial charge < -0.3 is 20.1 Å². The molecular formula is C28H32N2O5. The minimum atomic E-state index is -0.960. The van der Waals surface area contributed by atoms with E-state index in [0.717, 1.165) is 36.8 Å². The van der Waals surface area contributed by atoms with Crippen molar-refractivity contribution in [3.8, 4) is 11.1 Å². The Morgan fingerprint density at radius 3 is 2.20 bits per heavy atom. The molecule has 1 heterocycles. The highest BCUT2D eigenvalue weighted by atomic mass is 16.5. The van der Waals surface area contributed by atoms with E-state index in [0.29, 0.717) is 19.4 Å². The van der Waals surface area contributed by atoms with Gasteiger partial charge in [-0.1, -0.05) is 61.4 Å². The number of rotatable bonds is 7. The van der Waals surface area contributed by atoms with Crippen molar-refractivity contribution >= 4 is 18.0 Å². The van der Waals surface area contributed by atoms with Crippen LogP contribution in [0.4, 0.5) is 4.79 Å². The maximum Gasteiger partial charge on any atom is 0.407 e. The second-order valence-electron chi connectivity index (χ2n) is 9.91. The molecule has 184 valence electrons. The van der Waals surface area contributed by atoms with E-state index in [2.05, 4.69) is 29.6 Å². The molecule has 2 N–H and O–H groups in total. The molecule has 0 aromatic heterocycles. The zero-order valence-electron chi connectivity index (χ0n) is 19.8. The lowest BCUT2D eigenvalue weighted by atomic mass is 9.94. The maximum atomic E-state index is 13.0. The first kappa shape index (κ1) is 23.4. The predicted molar refractivity (Wildman–Crippen MR) is 131 cm³/mol. The number of hydrogen-bond donors (Lipinski definition) is 2. The first-order valence-corrected chi connectivity index (χ1v) is 12.7. The lowest BCUT2D eigenvalue weighted by molar-refractivity contribution is -0.148. The molecule has 7 nitrogen and oxygen atoms in total. The molecule has 7 heteroatoms. The number of carboxylic acid groups (broad SMARTS) is 1. The molecule has 1 unspecified atom stereocenters. The van der Waals surface area contributed by atoms with Crippen molar-refractivity contribution in [2.75, 3.05) is 13.2 Å². The van der Waals surface area contributed by atoms with E-state index in [-0.39, 0.29) is 36.8 Å². The molecule has 1 aliphatic heterocycles. The third-order valence-corrected chi connectivity index (χ3v) is 7.87. The first-order chi connectivity index (χ1) is 17.0. The number of benzene rings is 2. The molecule has 2 aliphatic carbocycles. The fourth-order valence-corrected chi connectivity index (χ4v) is 6.11. The molecule has 1 saturated carbocycles. The summed E-state index contributed by atoms with van der Waals surface area (Å²) in [5.74, 6) is -0.991. The van der Waals surface area contributed by atoms with E-state index in [4.69, 9.17) is 4.74 Å². The number of fused-ring (bicyclic) bond motifs is 3. The molecule has 1 saturated heterocycles. The number of nitrogens with one attached hydrogen (secondary N) is 1. The average molecular weight is 477 g/mol. The van der Waals surface area contributed by atoms with Crippen LogP contribution >= 0.6 is 0 Å². The monoisotopic (exact) mass is 476 g/mol. The zero-order valence-corrected chi connectivity index (χ0v) is 19.8. The summed E-state index contributed by atoms with van der Waals surface area (Å²) in [4.78, 5) is 38.9. The van der Waals surface area contributed by atoms with Gasteiger partial charge in [0, 0.05) is 24.9 Å². The van der Waals surface area contributed by atoms with Gasteiger partial charge in [0.25, 0.3) is 0 Å². The Morgan fingerprint density at radius 1 is 0.943 bits per heavy atom. The third-order valence-electron chi connectivity index (χ3n) is 7.87. The summed E-state index contributed by atoms with van der Waals surface area (Å²) in [7, 11) is 0. The molecule has 2 atom stereocenters. The lowest BCUT2D eigenvalue weighted by Crippen LogP contribution is -2.47. The number of amides is 2. The fourth-order valence-electron chi connectivity index (χ4n) is 6.11. The van der Waals surface area contributed by atoms with Crippen LogP contribution in [0.2, 0.25) is 0 Å². The summed E-state index contributed by atoms with van der Waals surface area (Å²) in [5.41, 5.74) is 4.64. The summed E-state index contributed by atoms with van der Waals surface area (Å²) in [6.07, 6.45) is 4.80. The fraction of sp³-hybridized carbons (Fsp3) is 0.464. The number of ether oxygens (including phenoxy) is 1. The van der Waals surface area contributed by atoms with E-state index >= 15 is 0 Å². The van der Waals surface area contributed by atoms with Crippen LogP contribution in [-0.4, -0.2) is 53.2 Å².